The molecule has 32 heavy (non-hydrogen) atoms. The highest BCUT2D eigenvalue weighted by atomic mass is 16.5. The summed E-state index contributed by atoms with van der Waals surface area (Å²) in [5, 5.41) is 3.00. The van der Waals surface area contributed by atoms with E-state index >= 15 is 0 Å². The molecule has 0 fully saturated rings. The van der Waals surface area contributed by atoms with E-state index < -0.39 is 11.8 Å². The second kappa shape index (κ2) is 9.90. The van der Waals surface area contributed by atoms with E-state index in [0.717, 1.165) is 0 Å². The summed E-state index contributed by atoms with van der Waals surface area (Å²) in [4.78, 5) is 32.9. The highest BCUT2D eigenvalue weighted by Crippen LogP contribution is 2.15. The quantitative estimate of drug-likeness (QED) is 0.385. The van der Waals surface area contributed by atoms with Crippen LogP contribution in [0.2, 0.25) is 0 Å². The predicted octanol–water partition coefficient (Wildman–Crippen LogP) is 3.47. The Morgan fingerprint density at radius 2 is 1.62 bits per heavy atom. The molecule has 9 nitrogen and oxygen atoms in total. The van der Waals surface area contributed by atoms with Crippen LogP contribution in [0.15, 0.2) is 89.6 Å². The number of carbonyl (C=O) groups is 2. The molecule has 9 heteroatoms. The van der Waals surface area contributed by atoms with Gasteiger partial charge in [-0.3, -0.25) is 20.4 Å². The van der Waals surface area contributed by atoms with E-state index in [4.69, 9.17) is 9.15 Å². The zero-order chi connectivity index (χ0) is 22.2. The highest BCUT2D eigenvalue weighted by Gasteiger charge is 2.14. The third-order valence-electron chi connectivity index (χ3n) is 4.25. The van der Waals surface area contributed by atoms with Crippen LogP contribution in [0.4, 0.5) is 11.6 Å². The minimum absolute atomic E-state index is 0.0496. The molecule has 0 saturated heterocycles. The Balaban J connectivity index is 1.30. The molecule has 0 bridgehead atoms. The van der Waals surface area contributed by atoms with Gasteiger partial charge in [0.25, 0.3) is 5.91 Å². The first-order valence-electron chi connectivity index (χ1n) is 9.69. The van der Waals surface area contributed by atoms with Crippen molar-refractivity contribution in [3.05, 3.63) is 102 Å². The van der Waals surface area contributed by atoms with Crippen LogP contribution in [-0.2, 0) is 6.61 Å². The summed E-state index contributed by atoms with van der Waals surface area (Å²) in [5.74, 6) is 0.549. The maximum atomic E-state index is 12.4. The van der Waals surface area contributed by atoms with E-state index in [9.17, 15) is 9.59 Å². The van der Waals surface area contributed by atoms with Crippen molar-refractivity contribution in [2.24, 2.45) is 0 Å². The number of hydrazine groups is 1. The van der Waals surface area contributed by atoms with Gasteiger partial charge in [-0.05, 0) is 48.5 Å². The second-order valence-corrected chi connectivity index (χ2v) is 6.55. The van der Waals surface area contributed by atoms with Gasteiger partial charge in [-0.2, -0.15) is 0 Å². The number of nitrogens with zero attached hydrogens (tertiary/aromatic N) is 2. The van der Waals surface area contributed by atoms with Gasteiger partial charge in [-0.1, -0.05) is 24.3 Å². The summed E-state index contributed by atoms with van der Waals surface area (Å²) >= 11 is 0. The molecule has 0 aliphatic rings. The fourth-order valence-corrected chi connectivity index (χ4v) is 2.73. The molecular weight excluding hydrogens is 410 g/mol. The van der Waals surface area contributed by atoms with E-state index in [2.05, 4.69) is 26.1 Å². The lowest BCUT2D eigenvalue weighted by atomic mass is 10.2. The number of benzene rings is 2. The number of nitrogens with one attached hydrogen (secondary N) is 3. The van der Waals surface area contributed by atoms with Gasteiger partial charge in [-0.25, -0.2) is 9.97 Å². The lowest BCUT2D eigenvalue weighted by Crippen LogP contribution is -2.41. The summed E-state index contributed by atoms with van der Waals surface area (Å²) in [7, 11) is 0. The Morgan fingerprint density at radius 1 is 0.844 bits per heavy atom. The number of amides is 2. The number of rotatable bonds is 7. The number of aromatic nitrogens is 2. The number of carbonyl (C=O) groups excluding carboxylic acids is 2. The standard InChI is InChI=1S/C23H19N5O4/c29-21(16-6-4-7-17(14-16)26-23-24-12-5-13-25-23)27-28-22(30)20-11-10-19(32-20)15-31-18-8-2-1-3-9-18/h1-14H,15H2,(H,27,29)(H,28,30)(H,24,25,26). The molecule has 0 aliphatic heterocycles. The van der Waals surface area contributed by atoms with Crippen molar-refractivity contribution in [1.29, 1.82) is 0 Å². The molecule has 160 valence electrons. The summed E-state index contributed by atoms with van der Waals surface area (Å²) in [5.41, 5.74) is 5.67. The maximum Gasteiger partial charge on any atom is 0.305 e. The molecule has 0 unspecified atom stereocenters. The van der Waals surface area contributed by atoms with Gasteiger partial charge in [0, 0.05) is 23.6 Å². The number of hydrogen-bond acceptors (Lipinski definition) is 7. The van der Waals surface area contributed by atoms with Gasteiger partial charge in [0.1, 0.15) is 18.1 Å². The van der Waals surface area contributed by atoms with Crippen LogP contribution in [0, 0.1) is 0 Å². The van der Waals surface area contributed by atoms with Crippen LogP contribution < -0.4 is 20.9 Å². The molecule has 0 saturated carbocycles. The van der Waals surface area contributed by atoms with Crippen LogP contribution in [0.3, 0.4) is 0 Å². The van der Waals surface area contributed by atoms with Crippen molar-refractivity contribution in [2.45, 2.75) is 6.61 Å². The predicted molar refractivity (Wildman–Crippen MR) is 116 cm³/mol. The van der Waals surface area contributed by atoms with Crippen LogP contribution >= 0.6 is 0 Å². The normalized spacial score (nSPS) is 10.2. The van der Waals surface area contributed by atoms with Crippen molar-refractivity contribution in [3.8, 4) is 5.75 Å². The Morgan fingerprint density at radius 3 is 2.44 bits per heavy atom. The van der Waals surface area contributed by atoms with Crippen molar-refractivity contribution in [1.82, 2.24) is 20.8 Å². The average molecular weight is 429 g/mol. The highest BCUT2D eigenvalue weighted by molar-refractivity contribution is 5.98. The second-order valence-electron chi connectivity index (χ2n) is 6.55. The average Bonchev–Trinajstić information content (AvgIpc) is 3.32. The van der Waals surface area contributed by atoms with Crippen molar-refractivity contribution in [2.75, 3.05) is 5.32 Å². The third kappa shape index (κ3) is 5.48. The van der Waals surface area contributed by atoms with E-state index in [1.165, 1.54) is 6.07 Å². The van der Waals surface area contributed by atoms with E-state index in [-0.39, 0.29) is 12.4 Å². The molecule has 2 amide bonds. The van der Waals surface area contributed by atoms with Crippen molar-refractivity contribution >= 4 is 23.5 Å². The van der Waals surface area contributed by atoms with Gasteiger partial charge >= 0.3 is 5.91 Å². The fraction of sp³-hybridized carbons (Fsp3) is 0.0435. The number of hydrogen-bond donors (Lipinski definition) is 3. The summed E-state index contributed by atoms with van der Waals surface area (Å²) in [6.45, 7) is 0.175. The molecule has 4 rings (SSSR count). The van der Waals surface area contributed by atoms with Gasteiger partial charge in [0.05, 0.1) is 0 Å². The Bertz CT molecular complexity index is 1200. The summed E-state index contributed by atoms with van der Waals surface area (Å²) in [6, 6.07) is 20.8. The number of furan rings is 1. The van der Waals surface area contributed by atoms with E-state index in [1.807, 2.05) is 30.3 Å². The van der Waals surface area contributed by atoms with Gasteiger partial charge in [-0.15, -0.1) is 0 Å². The van der Waals surface area contributed by atoms with Crippen LogP contribution in [0.1, 0.15) is 26.7 Å². The Hall–Kier alpha value is -4.66. The molecule has 3 N–H and O–H groups in total. The smallest absolute Gasteiger partial charge is 0.305 e. The molecule has 4 aromatic rings. The first kappa shape index (κ1) is 20.6. The number of ether oxygens (including phenoxy) is 1. The van der Waals surface area contributed by atoms with Crippen LogP contribution in [0.25, 0.3) is 0 Å². The Labute approximate surface area is 183 Å². The molecular formula is C23H19N5O4. The first-order chi connectivity index (χ1) is 15.7. The lowest BCUT2D eigenvalue weighted by Gasteiger charge is -2.08. The molecule has 2 heterocycles. The van der Waals surface area contributed by atoms with E-state index in [0.29, 0.717) is 28.7 Å². The van der Waals surface area contributed by atoms with Crippen molar-refractivity contribution < 1.29 is 18.7 Å². The largest absolute Gasteiger partial charge is 0.486 e. The molecule has 2 aromatic carbocycles. The lowest BCUT2D eigenvalue weighted by molar-refractivity contribution is 0.0828. The first-order valence-corrected chi connectivity index (χ1v) is 9.69. The monoisotopic (exact) mass is 429 g/mol. The molecule has 2 aromatic heterocycles. The van der Waals surface area contributed by atoms with Crippen molar-refractivity contribution in [3.63, 3.8) is 0 Å². The third-order valence-corrected chi connectivity index (χ3v) is 4.25. The van der Waals surface area contributed by atoms with Crippen LogP contribution in [0.5, 0.6) is 5.75 Å². The molecule has 0 spiro atoms. The molecule has 0 atom stereocenters. The summed E-state index contributed by atoms with van der Waals surface area (Å²) < 4.78 is 11.1. The Kier molecular flexibility index (Phi) is 6.37. The number of para-hydroxylation sites is 1. The van der Waals surface area contributed by atoms with Gasteiger partial charge in [0.2, 0.25) is 5.95 Å². The molecule has 0 aliphatic carbocycles. The molecule has 0 radical (unpaired) electrons. The van der Waals surface area contributed by atoms with Gasteiger partial charge < -0.3 is 14.5 Å². The fourth-order valence-electron chi connectivity index (χ4n) is 2.73. The minimum atomic E-state index is -0.587. The van der Waals surface area contributed by atoms with Crippen LogP contribution in [-0.4, -0.2) is 21.8 Å². The van der Waals surface area contributed by atoms with Gasteiger partial charge in [0.15, 0.2) is 5.76 Å². The topological polar surface area (TPSA) is 118 Å². The SMILES string of the molecule is O=C(NNC(=O)c1ccc(COc2ccccc2)o1)c1cccc(Nc2ncccn2)c1. The summed E-state index contributed by atoms with van der Waals surface area (Å²) in [6.07, 6.45) is 3.21. The minimum Gasteiger partial charge on any atom is -0.486 e. The zero-order valence-corrected chi connectivity index (χ0v) is 16.8. The number of anilines is 2. The van der Waals surface area contributed by atoms with E-state index in [1.54, 1.807) is 48.8 Å². The maximum absolute atomic E-state index is 12.4. The zero-order valence-electron chi connectivity index (χ0n) is 16.8.